The molecule has 12 amide bonds. The number of benzene rings is 6. The van der Waals surface area contributed by atoms with E-state index in [1.807, 2.05) is 117 Å². The molecular weight excluding hydrogens is 1910 g/mol. The van der Waals surface area contributed by atoms with Gasteiger partial charge in [0.25, 0.3) is 0 Å². The number of carbonyl (C=O) groups excluding carboxylic acids is 9. The van der Waals surface area contributed by atoms with E-state index in [1.54, 1.807) is 18.2 Å². The number of para-hydroxylation sites is 6. The van der Waals surface area contributed by atoms with Gasteiger partial charge in [-0.25, -0.2) is 27.6 Å². The van der Waals surface area contributed by atoms with Crippen LogP contribution in [0.2, 0.25) is 0 Å². The molecule has 146 heavy (non-hydrogen) atoms. The number of piperazine rings is 3. The standard InChI is InChI=1S/2C39H55FN6O3S.C35H47FN6O3S.10H2/c2*1-38(2,3)17-21-46-35(48)32(50-36(46)29-11-9-12-30(40)34(29)43-22-24-44(25-23-43)39(4,5)6)26-33(47)42-18-15-28(16-19-42)45-20-14-27-10-7-8-13-31(27)41-37(45)49;1-35(2,3)14-20-42-32(44)29(46-33(42)26-8-6-9-27(36)31(26)40-21-15-37-16-22-40)23-30(43)39-17-12-25(13-18-39)41-19-11-24-7-4-5-10-28(24)38-34(41)45;;;;;;;;;;/h2*7-13,28,32,36H,14-26H2,1-6H3,(H,41,49);4-10,25,29,33,37H,11-23H2,1-3H3,(H,38,45);10*1H/t2*32-,36?;29-,33?;;;;;;;;;;/m000........../s1. The molecule has 0 aromatic heterocycles. The van der Waals surface area contributed by atoms with Crippen LogP contribution in [0.1, 0.15) is 245 Å². The lowest BCUT2D eigenvalue weighted by Crippen LogP contribution is -2.53. The minimum absolute atomic E-state index is 0. The number of halogens is 3. The Bertz CT molecular complexity index is 5450. The van der Waals surface area contributed by atoms with Gasteiger partial charge in [-0.15, -0.1) is 35.3 Å². The molecule has 0 bridgehead atoms. The molecule has 6 atom stereocenters. The lowest BCUT2D eigenvalue weighted by molar-refractivity contribution is -0.137. The van der Waals surface area contributed by atoms with Crippen molar-refractivity contribution in [1.82, 2.24) is 59.2 Å². The Morgan fingerprint density at radius 1 is 0.329 bits per heavy atom. The van der Waals surface area contributed by atoms with Crippen molar-refractivity contribution in [3.63, 3.8) is 0 Å². The van der Waals surface area contributed by atoms with E-state index >= 15 is 13.2 Å². The number of nitrogens with zero attached hydrogens (tertiary/aromatic N) is 14. The summed E-state index contributed by atoms with van der Waals surface area (Å²) in [6, 6.07) is 39.4. The summed E-state index contributed by atoms with van der Waals surface area (Å²) in [4.78, 5) is 151. The predicted octanol–water partition coefficient (Wildman–Crippen LogP) is 20.7. The number of nitrogens with one attached hydrogen (secondary N) is 4. The minimum atomic E-state index is -0.533. The smallest absolute Gasteiger partial charge is 0.322 e. The van der Waals surface area contributed by atoms with Gasteiger partial charge in [0.05, 0.1) is 32.8 Å². The van der Waals surface area contributed by atoms with Crippen molar-refractivity contribution >= 4 is 123 Å². The van der Waals surface area contributed by atoms with E-state index in [2.05, 4.69) is 168 Å². The number of rotatable bonds is 21. The molecule has 0 spiro atoms. The summed E-state index contributed by atoms with van der Waals surface area (Å²) in [5.41, 5.74) is 10.3. The Balaban J connectivity index is 0.000000345. The first-order valence-corrected chi connectivity index (χ1v) is 56.3. The molecule has 33 heteroatoms. The first kappa shape index (κ1) is 109. The highest BCUT2D eigenvalue weighted by atomic mass is 32.2. The van der Waals surface area contributed by atoms with Crippen molar-refractivity contribution in [3.05, 3.63) is 178 Å². The van der Waals surface area contributed by atoms with Gasteiger partial charge in [-0.1, -0.05) is 153 Å². The van der Waals surface area contributed by atoms with Gasteiger partial charge >= 0.3 is 18.1 Å². The van der Waals surface area contributed by atoms with Crippen LogP contribution in [0.15, 0.2) is 127 Å². The van der Waals surface area contributed by atoms with E-state index < -0.39 is 15.7 Å². The number of amides is 12. The molecule has 9 saturated heterocycles. The zero-order chi connectivity index (χ0) is 104. The van der Waals surface area contributed by atoms with E-state index in [4.69, 9.17) is 0 Å². The molecule has 812 valence electrons. The van der Waals surface area contributed by atoms with Gasteiger partial charge in [-0.2, -0.15) is 0 Å². The van der Waals surface area contributed by atoms with E-state index in [1.165, 1.54) is 53.5 Å². The molecule has 0 radical (unpaired) electrons. The van der Waals surface area contributed by atoms with Crippen LogP contribution in [0, 0.1) is 33.7 Å². The fraction of sp³-hybridized carbons (Fsp3) is 0.602. The lowest BCUT2D eigenvalue weighted by Gasteiger charge is -2.43. The van der Waals surface area contributed by atoms with E-state index in [0.717, 1.165) is 128 Å². The number of fused-ring (bicyclic) bond motifs is 3. The molecule has 0 saturated carbocycles. The first-order valence-electron chi connectivity index (χ1n) is 53.5. The molecule has 12 aliphatic heterocycles. The maximum absolute atomic E-state index is 15.8. The summed E-state index contributed by atoms with van der Waals surface area (Å²) < 4.78 is 47.0. The highest BCUT2D eigenvalue weighted by molar-refractivity contribution is 8.01. The van der Waals surface area contributed by atoms with Crippen LogP contribution in [0.25, 0.3) is 0 Å². The van der Waals surface area contributed by atoms with E-state index in [-0.39, 0.29) is 166 Å². The summed E-state index contributed by atoms with van der Waals surface area (Å²) in [5, 5.41) is 9.84. The van der Waals surface area contributed by atoms with Crippen molar-refractivity contribution in [2.45, 2.75) is 261 Å². The van der Waals surface area contributed by atoms with Gasteiger partial charge in [0.1, 0.15) is 33.6 Å². The number of hydrogen-bond donors (Lipinski definition) is 4. The van der Waals surface area contributed by atoms with Crippen LogP contribution < -0.4 is 36.0 Å². The lowest BCUT2D eigenvalue weighted by atomic mass is 9.92. The number of urea groups is 3. The maximum Gasteiger partial charge on any atom is 0.322 e. The van der Waals surface area contributed by atoms with Crippen LogP contribution in [0.4, 0.5) is 61.7 Å². The third-order valence-electron chi connectivity index (χ3n) is 31.4. The van der Waals surface area contributed by atoms with Crippen LogP contribution in [0.3, 0.4) is 0 Å². The Hall–Kier alpha value is -9.93. The largest absolute Gasteiger partial charge is 0.366 e. The van der Waals surface area contributed by atoms with Gasteiger partial charge in [-0.3, -0.25) is 38.6 Å². The Kier molecular flexibility index (Phi) is 34.8. The second kappa shape index (κ2) is 46.7. The van der Waals surface area contributed by atoms with Gasteiger partial charge < -0.3 is 80.1 Å². The molecule has 0 aliphatic carbocycles. The molecule has 9 fully saturated rings. The summed E-state index contributed by atoms with van der Waals surface area (Å²) in [6.45, 7) is 48.8. The molecule has 12 aliphatic rings. The summed E-state index contributed by atoms with van der Waals surface area (Å²) in [7, 11) is 0. The van der Waals surface area contributed by atoms with Crippen molar-refractivity contribution in [1.29, 1.82) is 0 Å². The van der Waals surface area contributed by atoms with Crippen molar-refractivity contribution in [2.75, 3.05) is 188 Å². The first-order chi connectivity index (χ1) is 69.5. The van der Waals surface area contributed by atoms with Gasteiger partial charge in [-0.05, 0) is 188 Å². The Morgan fingerprint density at radius 2 is 0.589 bits per heavy atom. The highest BCUT2D eigenvalue weighted by Crippen LogP contribution is 2.53. The fourth-order valence-corrected chi connectivity index (χ4v) is 27.1. The van der Waals surface area contributed by atoms with Crippen LogP contribution in [0.5, 0.6) is 0 Å². The highest BCUT2D eigenvalue weighted by Gasteiger charge is 2.50. The molecule has 3 unspecified atom stereocenters. The predicted molar refractivity (Wildman–Crippen MR) is 602 cm³/mol. The number of carbonyl (C=O) groups is 9. The molecule has 6 aromatic rings. The second-order valence-electron chi connectivity index (χ2n) is 47.1. The number of anilines is 6. The third kappa shape index (κ3) is 26.4. The van der Waals surface area contributed by atoms with Gasteiger partial charge in [0.2, 0.25) is 35.4 Å². The monoisotopic (exact) mass is 2080 g/mol. The van der Waals surface area contributed by atoms with Crippen molar-refractivity contribution in [3.8, 4) is 0 Å². The Labute approximate surface area is 891 Å². The molecule has 18 rings (SSSR count). The summed E-state index contributed by atoms with van der Waals surface area (Å²) in [5.74, 6) is -1.02. The fourth-order valence-electron chi connectivity index (χ4n) is 22.6. The summed E-state index contributed by atoms with van der Waals surface area (Å²) >= 11 is 4.49. The average molecular weight is 2080 g/mol. The average Bonchev–Trinajstić information content (AvgIpc) is 1.60. The van der Waals surface area contributed by atoms with Crippen LogP contribution in [-0.4, -0.2) is 309 Å². The minimum Gasteiger partial charge on any atom is -0.366 e. The SMILES string of the molecule is CC(C)(C)CCN1C(=O)[C@H](CC(=O)N2CCC(N3CCc4ccccc4NC3=O)CC2)SC1c1cccc(F)c1N1CCN(C(C)(C)C)CC1.CC(C)(C)CCN1C(=O)[C@H](CC(=O)N2CCC(N3CCc4ccccc4NC3=O)CC2)SC1c1cccc(F)c1N1CCN(C(C)(C)C)CC1.CC(C)(C)CCN1C(=O)[C@H](CC(=O)N2CCC(N3CCc4ccccc4NC3=O)CC2)SC1c1cccc(F)c1N1CCNCC1.[HH].[HH].[HH].[HH].[HH].[HH].[HH].[HH].[HH].[HH]. The van der Waals surface area contributed by atoms with Crippen molar-refractivity contribution < 1.29 is 70.6 Å². The number of piperidine rings is 3. The molecular formula is C113H177F3N18O9S3. The molecule has 12 heterocycles. The number of thioether (sulfide) groups is 3. The zero-order valence-corrected chi connectivity index (χ0v) is 91.1. The normalized spacial score (nSPS) is 22.9. The van der Waals surface area contributed by atoms with Crippen molar-refractivity contribution in [2.24, 2.45) is 16.2 Å². The summed E-state index contributed by atoms with van der Waals surface area (Å²) in [6.07, 6.45) is 9.37. The van der Waals surface area contributed by atoms with Crippen LogP contribution in [-0.2, 0) is 48.0 Å². The number of hydrogen-bond acceptors (Lipinski definition) is 18. The Morgan fingerprint density at radius 3 is 0.849 bits per heavy atom. The third-order valence-corrected chi connectivity index (χ3v) is 35.8. The second-order valence-corrected chi connectivity index (χ2v) is 50.9. The topological polar surface area (TPSA) is 247 Å². The van der Waals surface area contributed by atoms with E-state index in [0.29, 0.717) is 173 Å². The molecule has 6 aromatic carbocycles. The number of likely N-dealkylation sites (tertiary alicyclic amines) is 3. The molecule has 4 N–H and O–H groups in total. The maximum atomic E-state index is 15.8. The molecule has 27 nitrogen and oxygen atoms in total. The zero-order valence-electron chi connectivity index (χ0n) is 88.7. The van der Waals surface area contributed by atoms with E-state index in [9.17, 15) is 43.2 Å². The van der Waals surface area contributed by atoms with Crippen LogP contribution >= 0.6 is 35.3 Å². The van der Waals surface area contributed by atoms with Gasteiger partial charge in [0.15, 0.2) is 0 Å². The quantitative estimate of drug-likeness (QED) is 0.0523. The van der Waals surface area contributed by atoms with Gasteiger partial charge in [0, 0.05) is 254 Å².